The van der Waals surface area contributed by atoms with Gasteiger partial charge in [0.2, 0.25) is 0 Å². The highest BCUT2D eigenvalue weighted by atomic mass is 19.1. The molecule has 6 aromatic carbocycles. The van der Waals surface area contributed by atoms with Crippen LogP contribution in [0.5, 0.6) is 0 Å². The first-order valence-electron chi connectivity index (χ1n) is 14.5. The molecule has 216 valence electrons. The van der Waals surface area contributed by atoms with Crippen molar-refractivity contribution in [2.24, 2.45) is 0 Å². The van der Waals surface area contributed by atoms with Gasteiger partial charge in [0.1, 0.15) is 23.3 Å². The van der Waals surface area contributed by atoms with Crippen molar-refractivity contribution in [2.45, 2.75) is 24.7 Å². The van der Waals surface area contributed by atoms with Crippen LogP contribution in [0.25, 0.3) is 11.1 Å². The molecule has 0 fully saturated rings. The number of rotatable bonds is 4. The Balaban J connectivity index is 1.84. The summed E-state index contributed by atoms with van der Waals surface area (Å²) in [5.41, 5.74) is 6.64. The molecule has 0 spiro atoms. The first kappa shape index (κ1) is 27.8. The van der Waals surface area contributed by atoms with Crippen LogP contribution >= 0.6 is 0 Å². The van der Waals surface area contributed by atoms with Crippen LogP contribution in [0.3, 0.4) is 0 Å². The van der Waals surface area contributed by atoms with Gasteiger partial charge in [-0.2, -0.15) is 0 Å². The van der Waals surface area contributed by atoms with E-state index in [1.165, 1.54) is 48.5 Å². The van der Waals surface area contributed by atoms with Crippen LogP contribution in [0, 0.1) is 37.1 Å². The highest BCUT2D eigenvalue weighted by Crippen LogP contribution is 2.66. The maximum Gasteiger partial charge on any atom is 0.123 e. The van der Waals surface area contributed by atoms with Crippen LogP contribution in [0.15, 0.2) is 133 Å². The van der Waals surface area contributed by atoms with Crippen molar-refractivity contribution in [3.63, 3.8) is 0 Å². The van der Waals surface area contributed by atoms with Crippen molar-refractivity contribution in [1.29, 1.82) is 0 Å². The Morgan fingerprint density at radius 1 is 0.341 bits per heavy atom. The SMILES string of the molecule is Cc1cccc2c1-c1c(C)cccc1C(c1ccc(F)cc1)(c1ccc(F)cc1)C2(c1ccc(F)cc1)c1ccc(F)cc1. The Bertz CT molecular complexity index is 1750. The van der Waals surface area contributed by atoms with E-state index in [1.807, 2.05) is 12.1 Å². The minimum Gasteiger partial charge on any atom is -0.207 e. The summed E-state index contributed by atoms with van der Waals surface area (Å²) in [4.78, 5) is 0. The molecule has 0 unspecified atom stereocenters. The zero-order valence-corrected chi connectivity index (χ0v) is 24.2. The Hall–Kier alpha value is -4.96. The molecule has 6 aromatic rings. The van der Waals surface area contributed by atoms with E-state index in [-0.39, 0.29) is 0 Å². The molecule has 0 saturated heterocycles. The van der Waals surface area contributed by atoms with Crippen LogP contribution in [0.1, 0.15) is 44.5 Å². The van der Waals surface area contributed by atoms with Crippen molar-refractivity contribution < 1.29 is 17.6 Å². The lowest BCUT2D eigenvalue weighted by Gasteiger charge is -2.57. The molecule has 0 aliphatic heterocycles. The monoisotopic (exact) mass is 584 g/mol. The summed E-state index contributed by atoms with van der Waals surface area (Å²) in [6, 6.07) is 37.9. The van der Waals surface area contributed by atoms with Gasteiger partial charge in [-0.1, -0.05) is 84.9 Å². The van der Waals surface area contributed by atoms with Gasteiger partial charge >= 0.3 is 0 Å². The molecule has 1 aliphatic carbocycles. The minimum atomic E-state index is -1.16. The fourth-order valence-electron chi connectivity index (χ4n) is 7.65. The van der Waals surface area contributed by atoms with Crippen molar-refractivity contribution in [1.82, 2.24) is 0 Å². The van der Waals surface area contributed by atoms with Gasteiger partial charge in [-0.05, 0) is 118 Å². The molecule has 0 nitrogen and oxygen atoms in total. The second kappa shape index (κ2) is 10.3. The van der Waals surface area contributed by atoms with E-state index in [1.54, 1.807) is 48.5 Å². The van der Waals surface area contributed by atoms with Crippen LogP contribution in [-0.4, -0.2) is 0 Å². The maximum atomic E-state index is 14.7. The second-order valence-electron chi connectivity index (χ2n) is 11.5. The Kier molecular flexibility index (Phi) is 6.55. The molecule has 7 rings (SSSR count). The Morgan fingerprint density at radius 3 is 0.841 bits per heavy atom. The predicted octanol–water partition coefficient (Wildman–Crippen LogP) is 10.2. The van der Waals surface area contributed by atoms with Crippen LogP contribution in [-0.2, 0) is 10.8 Å². The molecule has 0 radical (unpaired) electrons. The van der Waals surface area contributed by atoms with Gasteiger partial charge in [0.25, 0.3) is 0 Å². The lowest BCUT2D eigenvalue weighted by Crippen LogP contribution is -2.55. The summed E-state index contributed by atoms with van der Waals surface area (Å²) in [5, 5.41) is 0. The fraction of sp³-hybridized carbons (Fsp3) is 0.100. The van der Waals surface area contributed by atoms with Gasteiger partial charge in [0.15, 0.2) is 0 Å². The molecule has 1 aliphatic rings. The van der Waals surface area contributed by atoms with Crippen LogP contribution < -0.4 is 0 Å². The van der Waals surface area contributed by atoms with Crippen molar-refractivity contribution in [2.75, 3.05) is 0 Å². The highest BCUT2D eigenvalue weighted by Gasteiger charge is 2.61. The average molecular weight is 585 g/mol. The van der Waals surface area contributed by atoms with Crippen LogP contribution in [0.2, 0.25) is 0 Å². The number of aryl methyl sites for hydroxylation is 2. The van der Waals surface area contributed by atoms with Crippen molar-refractivity contribution >= 4 is 0 Å². The van der Waals surface area contributed by atoms with E-state index in [0.29, 0.717) is 0 Å². The van der Waals surface area contributed by atoms with Gasteiger partial charge < -0.3 is 0 Å². The zero-order chi connectivity index (χ0) is 30.6. The molecule has 0 bridgehead atoms. The van der Waals surface area contributed by atoms with Gasteiger partial charge in [-0.25, -0.2) is 17.6 Å². The number of halogens is 4. The number of benzene rings is 6. The number of fused-ring (bicyclic) bond motifs is 3. The van der Waals surface area contributed by atoms with E-state index in [2.05, 4.69) is 38.1 Å². The third kappa shape index (κ3) is 3.83. The van der Waals surface area contributed by atoms with Gasteiger partial charge in [0, 0.05) is 0 Å². The van der Waals surface area contributed by atoms with E-state index in [4.69, 9.17) is 0 Å². The quantitative estimate of drug-likeness (QED) is 0.181. The maximum absolute atomic E-state index is 14.7. The van der Waals surface area contributed by atoms with Gasteiger partial charge in [0.05, 0.1) is 10.8 Å². The molecular formula is C40H28F4. The van der Waals surface area contributed by atoms with Crippen molar-refractivity contribution in [3.05, 3.63) is 201 Å². The summed E-state index contributed by atoms with van der Waals surface area (Å²) in [7, 11) is 0. The molecular weight excluding hydrogens is 556 g/mol. The summed E-state index contributed by atoms with van der Waals surface area (Å²) < 4.78 is 58.7. The molecule has 0 heterocycles. The van der Waals surface area contributed by atoms with E-state index < -0.39 is 34.1 Å². The number of hydrogen-bond donors (Lipinski definition) is 0. The standard InChI is InChI=1S/C40H28F4/c1-25-5-3-7-35-37(25)38-26(2)6-4-8-36(38)40(29-13-21-33(43)22-14-29,30-15-23-34(44)24-16-30)39(35,27-9-17-31(41)18-10-27)28-11-19-32(42)20-12-28/h3-24H,1-2H3. The summed E-state index contributed by atoms with van der Waals surface area (Å²) in [5.74, 6) is -1.58. The summed E-state index contributed by atoms with van der Waals surface area (Å²) in [6.07, 6.45) is 0. The van der Waals surface area contributed by atoms with Crippen LogP contribution in [0.4, 0.5) is 17.6 Å². The van der Waals surface area contributed by atoms with Gasteiger partial charge in [-0.15, -0.1) is 0 Å². The predicted molar refractivity (Wildman–Crippen MR) is 167 cm³/mol. The first-order chi connectivity index (χ1) is 21.3. The molecule has 44 heavy (non-hydrogen) atoms. The van der Waals surface area contributed by atoms with E-state index in [9.17, 15) is 17.6 Å². The molecule has 0 saturated carbocycles. The van der Waals surface area contributed by atoms with Gasteiger partial charge in [-0.3, -0.25) is 0 Å². The molecule has 0 aromatic heterocycles. The molecule has 4 heteroatoms. The molecule has 0 N–H and O–H groups in total. The Morgan fingerprint density at radius 2 is 0.591 bits per heavy atom. The third-order valence-corrected chi connectivity index (χ3v) is 9.28. The third-order valence-electron chi connectivity index (χ3n) is 9.28. The van der Waals surface area contributed by atoms with Crippen molar-refractivity contribution in [3.8, 4) is 11.1 Å². The lowest BCUT2D eigenvalue weighted by molar-refractivity contribution is 0.412. The zero-order valence-electron chi connectivity index (χ0n) is 24.2. The second-order valence-corrected chi connectivity index (χ2v) is 11.5. The molecule has 0 amide bonds. The fourth-order valence-corrected chi connectivity index (χ4v) is 7.65. The lowest BCUT2D eigenvalue weighted by atomic mass is 9.43. The normalized spacial score (nSPS) is 14.5. The Labute approximate surface area is 254 Å². The molecule has 0 atom stereocenters. The summed E-state index contributed by atoms with van der Waals surface area (Å²) in [6.45, 7) is 4.13. The topological polar surface area (TPSA) is 0 Å². The smallest absolute Gasteiger partial charge is 0.123 e. The summed E-state index contributed by atoms with van der Waals surface area (Å²) >= 11 is 0. The largest absolute Gasteiger partial charge is 0.207 e. The number of hydrogen-bond acceptors (Lipinski definition) is 0. The average Bonchev–Trinajstić information content (AvgIpc) is 3.02. The van der Waals surface area contributed by atoms with E-state index >= 15 is 0 Å². The van der Waals surface area contributed by atoms with E-state index in [0.717, 1.165) is 55.6 Å². The first-order valence-corrected chi connectivity index (χ1v) is 14.5. The highest BCUT2D eigenvalue weighted by molar-refractivity contribution is 5.88. The minimum absolute atomic E-state index is 0.395.